The average Bonchev–Trinajstić information content (AvgIpc) is 2.34. The Morgan fingerprint density at radius 1 is 1.17 bits per heavy atom. The molecule has 0 heterocycles. The van der Waals surface area contributed by atoms with E-state index >= 15 is 0 Å². The Hall–Kier alpha value is 0.230. The molecule has 0 saturated heterocycles. The van der Waals surface area contributed by atoms with Crippen molar-refractivity contribution in [2.75, 3.05) is 0 Å². The molecule has 1 fully saturated rings. The second kappa shape index (κ2) is 7.13. The molecular formula is C13H18Br2ClNO. The number of phenolic OH excluding ortho intramolecular Hbond substituents is 1. The van der Waals surface area contributed by atoms with Crippen molar-refractivity contribution < 1.29 is 5.11 Å². The fourth-order valence-corrected chi connectivity index (χ4v) is 3.85. The molecule has 3 N–H and O–H groups in total. The van der Waals surface area contributed by atoms with Crippen molar-refractivity contribution in [1.29, 1.82) is 0 Å². The van der Waals surface area contributed by atoms with Crippen LogP contribution in [-0.2, 0) is 0 Å². The molecule has 102 valence electrons. The molecule has 1 atom stereocenters. The number of benzene rings is 1. The maximum Gasteiger partial charge on any atom is 0.134 e. The number of rotatable bonds is 2. The van der Waals surface area contributed by atoms with Crippen molar-refractivity contribution in [3.63, 3.8) is 0 Å². The van der Waals surface area contributed by atoms with E-state index in [1.54, 1.807) is 0 Å². The van der Waals surface area contributed by atoms with Gasteiger partial charge in [0, 0.05) is 16.1 Å². The summed E-state index contributed by atoms with van der Waals surface area (Å²) in [5.41, 5.74) is 7.15. The third-order valence-corrected chi connectivity index (χ3v) is 4.64. The van der Waals surface area contributed by atoms with E-state index in [4.69, 9.17) is 5.73 Å². The maximum absolute atomic E-state index is 10.1. The van der Waals surface area contributed by atoms with Gasteiger partial charge in [0.05, 0.1) is 4.47 Å². The number of hydrogen-bond donors (Lipinski definition) is 2. The van der Waals surface area contributed by atoms with Gasteiger partial charge in [-0.05, 0) is 46.8 Å². The number of hydrogen-bond acceptors (Lipinski definition) is 2. The highest BCUT2D eigenvalue weighted by Crippen LogP contribution is 2.40. The van der Waals surface area contributed by atoms with Gasteiger partial charge in [-0.3, -0.25) is 0 Å². The van der Waals surface area contributed by atoms with Crippen LogP contribution in [0.1, 0.15) is 43.7 Å². The van der Waals surface area contributed by atoms with Crippen LogP contribution in [-0.4, -0.2) is 5.11 Å². The fourth-order valence-electron chi connectivity index (χ4n) is 2.59. The molecule has 1 aliphatic rings. The molecule has 0 radical (unpaired) electrons. The lowest BCUT2D eigenvalue weighted by atomic mass is 9.81. The van der Waals surface area contributed by atoms with E-state index in [1.807, 2.05) is 12.1 Å². The maximum atomic E-state index is 10.1. The first-order chi connectivity index (χ1) is 8.09. The number of aromatic hydroxyl groups is 1. The van der Waals surface area contributed by atoms with Gasteiger partial charge < -0.3 is 10.8 Å². The zero-order valence-corrected chi connectivity index (χ0v) is 14.0. The monoisotopic (exact) mass is 397 g/mol. The third kappa shape index (κ3) is 3.62. The Morgan fingerprint density at radius 2 is 1.78 bits per heavy atom. The van der Waals surface area contributed by atoms with Crippen LogP contribution in [0.2, 0.25) is 0 Å². The number of nitrogens with two attached hydrogens (primary N) is 1. The van der Waals surface area contributed by atoms with Crippen molar-refractivity contribution in [2.45, 2.75) is 38.1 Å². The summed E-state index contributed by atoms with van der Waals surface area (Å²) in [6.07, 6.45) is 6.18. The van der Waals surface area contributed by atoms with Gasteiger partial charge in [0.25, 0.3) is 0 Å². The van der Waals surface area contributed by atoms with Gasteiger partial charge in [-0.1, -0.05) is 35.2 Å². The molecule has 18 heavy (non-hydrogen) atoms. The van der Waals surface area contributed by atoms with Crippen LogP contribution in [0.25, 0.3) is 0 Å². The summed E-state index contributed by atoms with van der Waals surface area (Å²) in [6.45, 7) is 0. The van der Waals surface area contributed by atoms with Gasteiger partial charge in [0.1, 0.15) is 5.75 Å². The zero-order chi connectivity index (χ0) is 12.4. The van der Waals surface area contributed by atoms with Gasteiger partial charge in [0.2, 0.25) is 0 Å². The predicted molar refractivity (Wildman–Crippen MR) is 84.3 cm³/mol. The minimum absolute atomic E-state index is 0. The molecule has 1 aromatic rings. The van der Waals surface area contributed by atoms with E-state index in [0.29, 0.717) is 10.4 Å². The molecule has 1 saturated carbocycles. The van der Waals surface area contributed by atoms with Crippen molar-refractivity contribution >= 4 is 44.3 Å². The molecule has 1 aromatic carbocycles. The largest absolute Gasteiger partial charge is 0.506 e. The fraction of sp³-hybridized carbons (Fsp3) is 0.538. The summed E-state index contributed by atoms with van der Waals surface area (Å²) >= 11 is 6.80. The Labute approximate surface area is 131 Å². The number of phenols is 1. The van der Waals surface area contributed by atoms with Crippen LogP contribution >= 0.6 is 44.3 Å². The van der Waals surface area contributed by atoms with Gasteiger partial charge in [-0.25, -0.2) is 0 Å². The van der Waals surface area contributed by atoms with Crippen molar-refractivity contribution in [3.05, 3.63) is 26.6 Å². The first-order valence-electron chi connectivity index (χ1n) is 6.03. The van der Waals surface area contributed by atoms with Crippen LogP contribution in [0, 0.1) is 5.92 Å². The summed E-state index contributed by atoms with van der Waals surface area (Å²) in [5.74, 6) is 0.780. The SMILES string of the molecule is Cl.N[C@@H](c1cc(Br)cc(Br)c1O)C1CCCCC1. The standard InChI is InChI=1S/C13H17Br2NO.ClH/c14-9-6-10(13(17)11(15)7-9)12(16)8-4-2-1-3-5-8;/h6-8,12,17H,1-5,16H2;1H/t12-;/m1./s1. The van der Waals surface area contributed by atoms with Crippen LogP contribution in [0.3, 0.4) is 0 Å². The molecule has 1 aliphatic carbocycles. The molecule has 0 aromatic heterocycles. The minimum atomic E-state index is -0.0656. The van der Waals surface area contributed by atoms with Gasteiger partial charge in [-0.15, -0.1) is 12.4 Å². The highest BCUT2D eigenvalue weighted by Gasteiger charge is 2.24. The molecule has 2 nitrogen and oxygen atoms in total. The third-order valence-electron chi connectivity index (χ3n) is 3.57. The molecule has 0 spiro atoms. The zero-order valence-electron chi connectivity index (χ0n) is 10.0. The van der Waals surface area contributed by atoms with Crippen LogP contribution < -0.4 is 5.73 Å². The Kier molecular flexibility index (Phi) is 6.45. The summed E-state index contributed by atoms with van der Waals surface area (Å²) in [4.78, 5) is 0. The Balaban J connectivity index is 0.00000162. The van der Waals surface area contributed by atoms with Crippen LogP contribution in [0.4, 0.5) is 0 Å². The topological polar surface area (TPSA) is 46.2 Å². The average molecular weight is 400 g/mol. The normalized spacial score (nSPS) is 18.2. The summed E-state index contributed by atoms with van der Waals surface area (Å²) in [6, 6.07) is 3.70. The smallest absolute Gasteiger partial charge is 0.134 e. The van der Waals surface area contributed by atoms with Crippen molar-refractivity contribution in [1.82, 2.24) is 0 Å². The quantitative estimate of drug-likeness (QED) is 0.741. The van der Waals surface area contributed by atoms with Gasteiger partial charge in [-0.2, -0.15) is 0 Å². The lowest BCUT2D eigenvalue weighted by Crippen LogP contribution is -2.23. The van der Waals surface area contributed by atoms with E-state index in [9.17, 15) is 5.11 Å². The molecule has 0 unspecified atom stereocenters. The summed E-state index contributed by atoms with van der Waals surface area (Å²) < 4.78 is 1.65. The van der Waals surface area contributed by atoms with Gasteiger partial charge in [0.15, 0.2) is 0 Å². The van der Waals surface area contributed by atoms with E-state index in [0.717, 1.165) is 10.0 Å². The van der Waals surface area contributed by atoms with E-state index in [2.05, 4.69) is 31.9 Å². The minimum Gasteiger partial charge on any atom is -0.506 e. The number of halogens is 3. The molecule has 5 heteroatoms. The molecule has 2 rings (SSSR count). The Morgan fingerprint density at radius 3 is 2.39 bits per heavy atom. The predicted octanol–water partition coefficient (Wildman–Crippen LogP) is 4.92. The second-order valence-electron chi connectivity index (χ2n) is 4.75. The van der Waals surface area contributed by atoms with E-state index in [1.165, 1.54) is 32.1 Å². The molecular weight excluding hydrogens is 381 g/mol. The second-order valence-corrected chi connectivity index (χ2v) is 6.52. The Bertz CT molecular complexity index is 408. The van der Waals surface area contributed by atoms with Crippen molar-refractivity contribution in [2.24, 2.45) is 11.7 Å². The summed E-state index contributed by atoms with van der Waals surface area (Å²) in [5, 5.41) is 10.1. The highest BCUT2D eigenvalue weighted by atomic mass is 79.9. The molecule has 0 bridgehead atoms. The highest BCUT2D eigenvalue weighted by molar-refractivity contribution is 9.11. The first kappa shape index (κ1) is 16.3. The molecule has 0 amide bonds. The first-order valence-corrected chi connectivity index (χ1v) is 7.61. The van der Waals surface area contributed by atoms with E-state index in [-0.39, 0.29) is 24.2 Å². The summed E-state index contributed by atoms with van der Waals surface area (Å²) in [7, 11) is 0. The van der Waals surface area contributed by atoms with Crippen LogP contribution in [0.5, 0.6) is 5.75 Å². The molecule has 0 aliphatic heterocycles. The lowest BCUT2D eigenvalue weighted by Gasteiger charge is -2.28. The van der Waals surface area contributed by atoms with Gasteiger partial charge >= 0.3 is 0 Å². The van der Waals surface area contributed by atoms with E-state index < -0.39 is 0 Å². The lowest BCUT2D eigenvalue weighted by molar-refractivity contribution is 0.302. The van der Waals surface area contributed by atoms with Crippen LogP contribution in [0.15, 0.2) is 21.1 Å². The van der Waals surface area contributed by atoms with Crippen molar-refractivity contribution in [3.8, 4) is 5.75 Å².